The van der Waals surface area contributed by atoms with Gasteiger partial charge in [-0.3, -0.25) is 4.79 Å². The predicted molar refractivity (Wildman–Crippen MR) is 106 cm³/mol. The van der Waals surface area contributed by atoms with Gasteiger partial charge in [-0.1, -0.05) is 42.5 Å². The first-order valence-electron chi connectivity index (χ1n) is 8.26. The fraction of sp³-hybridized carbons (Fsp3) is 0.190. The number of rotatable bonds is 4. The van der Waals surface area contributed by atoms with Crippen molar-refractivity contribution in [2.45, 2.75) is 13.5 Å². The molecule has 128 valence electrons. The van der Waals surface area contributed by atoms with Crippen molar-refractivity contribution >= 4 is 29.2 Å². The number of anilines is 1. The molecule has 0 radical (unpaired) electrons. The van der Waals surface area contributed by atoms with Crippen LogP contribution in [0.2, 0.25) is 0 Å². The Labute approximate surface area is 147 Å². The smallest absolute Gasteiger partial charge is 0.257 e. The molecule has 4 nitrogen and oxygen atoms in total. The van der Waals surface area contributed by atoms with E-state index in [-0.39, 0.29) is 5.56 Å². The second-order valence-electron chi connectivity index (χ2n) is 6.62. The van der Waals surface area contributed by atoms with E-state index >= 15 is 0 Å². The zero-order chi connectivity index (χ0) is 18.0. The molecule has 3 aromatic rings. The van der Waals surface area contributed by atoms with Crippen LogP contribution in [0.25, 0.3) is 23.6 Å². The number of pyridine rings is 1. The number of H-pyrrole nitrogens is 1. The molecule has 0 bridgehead atoms. The highest BCUT2D eigenvalue weighted by Gasteiger charge is 2.02. The van der Waals surface area contributed by atoms with Gasteiger partial charge < -0.3 is 15.2 Å². The minimum Gasteiger partial charge on any atom is -0.361 e. The Morgan fingerprint density at radius 2 is 1.84 bits per heavy atom. The molecule has 0 spiro atoms. The van der Waals surface area contributed by atoms with Gasteiger partial charge >= 0.3 is 0 Å². The lowest BCUT2D eigenvalue weighted by molar-refractivity contribution is 0.402. The molecule has 0 saturated carbocycles. The summed E-state index contributed by atoms with van der Waals surface area (Å²) >= 11 is 0. The fourth-order valence-electron chi connectivity index (χ4n) is 2.91. The molecular weight excluding hydrogens is 310 g/mol. The fourth-order valence-corrected chi connectivity index (χ4v) is 2.91. The highest BCUT2D eigenvalue weighted by Crippen LogP contribution is 2.11. The van der Waals surface area contributed by atoms with Gasteiger partial charge in [0.15, 0.2) is 0 Å². The van der Waals surface area contributed by atoms with E-state index in [0.717, 1.165) is 28.6 Å². The Morgan fingerprint density at radius 1 is 1.12 bits per heavy atom. The maximum Gasteiger partial charge on any atom is 0.257 e. The number of hydrogen-bond donors (Lipinski definition) is 2. The summed E-state index contributed by atoms with van der Waals surface area (Å²) in [5, 5.41) is 6.36. The van der Waals surface area contributed by atoms with Crippen LogP contribution >= 0.6 is 0 Å². The van der Waals surface area contributed by atoms with Crippen LogP contribution in [-0.2, 0) is 6.54 Å². The molecule has 2 N–H and O–H groups in total. The zero-order valence-corrected chi connectivity index (χ0v) is 14.9. The minimum atomic E-state index is -0.139. The standard InChI is InChI=1S/C21H23N3O/c1-14-5-10-18-15(2)23-21(25)20(19(18)11-14)12-22-17-8-6-16(7-9-17)13-24(3)4/h5-12,22H,2,13H2,1,3-4H3,(H,23,25)/b20-12-. The first-order valence-corrected chi connectivity index (χ1v) is 8.26. The molecule has 1 aromatic heterocycles. The van der Waals surface area contributed by atoms with Crippen molar-refractivity contribution in [3.63, 3.8) is 0 Å². The predicted octanol–water partition coefficient (Wildman–Crippen LogP) is 2.16. The molecule has 0 amide bonds. The van der Waals surface area contributed by atoms with Gasteiger partial charge in [0.2, 0.25) is 0 Å². The number of fused-ring (bicyclic) bond motifs is 1. The average Bonchev–Trinajstić information content (AvgIpc) is 2.55. The summed E-state index contributed by atoms with van der Waals surface area (Å²) in [6.45, 7) is 6.86. The summed E-state index contributed by atoms with van der Waals surface area (Å²) < 4.78 is 0. The maximum absolute atomic E-state index is 12.4. The van der Waals surface area contributed by atoms with E-state index in [9.17, 15) is 4.79 Å². The van der Waals surface area contributed by atoms with E-state index in [1.165, 1.54) is 5.56 Å². The minimum absolute atomic E-state index is 0.139. The van der Waals surface area contributed by atoms with Crippen molar-refractivity contribution in [2.75, 3.05) is 19.4 Å². The van der Waals surface area contributed by atoms with Gasteiger partial charge in [0.25, 0.3) is 5.56 Å². The van der Waals surface area contributed by atoms with Crippen LogP contribution in [0.4, 0.5) is 5.69 Å². The van der Waals surface area contributed by atoms with Crippen molar-refractivity contribution in [2.24, 2.45) is 0 Å². The zero-order valence-electron chi connectivity index (χ0n) is 14.9. The van der Waals surface area contributed by atoms with Crippen LogP contribution in [0.3, 0.4) is 0 Å². The number of aromatic nitrogens is 1. The van der Waals surface area contributed by atoms with Crippen LogP contribution in [0.5, 0.6) is 0 Å². The summed E-state index contributed by atoms with van der Waals surface area (Å²) in [5.41, 5.74) is 3.16. The van der Waals surface area contributed by atoms with Gasteiger partial charge in [-0.25, -0.2) is 0 Å². The maximum atomic E-state index is 12.4. The number of hydrogen-bond acceptors (Lipinski definition) is 3. The lowest BCUT2D eigenvalue weighted by atomic mass is 10.1. The summed E-state index contributed by atoms with van der Waals surface area (Å²) in [6.07, 6.45) is 1.76. The summed E-state index contributed by atoms with van der Waals surface area (Å²) in [5.74, 6) is 0. The van der Waals surface area contributed by atoms with E-state index in [2.05, 4.69) is 33.9 Å². The third-order valence-corrected chi connectivity index (χ3v) is 4.14. The Morgan fingerprint density at radius 3 is 2.52 bits per heavy atom. The molecule has 0 saturated heterocycles. The molecule has 25 heavy (non-hydrogen) atoms. The normalized spacial score (nSPS) is 12.1. The monoisotopic (exact) mass is 333 g/mol. The van der Waals surface area contributed by atoms with Crippen molar-refractivity contribution in [1.29, 1.82) is 0 Å². The van der Waals surface area contributed by atoms with Crippen LogP contribution in [0, 0.1) is 6.92 Å². The quantitative estimate of drug-likeness (QED) is 0.769. The van der Waals surface area contributed by atoms with E-state index in [1.54, 1.807) is 6.20 Å². The molecule has 0 unspecified atom stereocenters. The summed E-state index contributed by atoms with van der Waals surface area (Å²) in [7, 11) is 4.09. The van der Waals surface area contributed by atoms with Crippen LogP contribution in [-0.4, -0.2) is 24.0 Å². The first kappa shape index (κ1) is 17.0. The Bertz CT molecular complexity index is 1060. The second-order valence-corrected chi connectivity index (χ2v) is 6.62. The molecule has 1 heterocycles. The molecule has 0 aliphatic heterocycles. The molecule has 0 aliphatic rings. The molecule has 0 atom stereocenters. The van der Waals surface area contributed by atoms with E-state index in [1.807, 2.05) is 51.4 Å². The van der Waals surface area contributed by atoms with Gasteiger partial charge in [-0.15, -0.1) is 0 Å². The van der Waals surface area contributed by atoms with Crippen molar-refractivity contribution in [3.8, 4) is 0 Å². The average molecular weight is 333 g/mol. The molecule has 0 aliphatic carbocycles. The Hall–Kier alpha value is -2.85. The van der Waals surface area contributed by atoms with Crippen molar-refractivity contribution in [3.05, 3.63) is 74.5 Å². The molecule has 4 heteroatoms. The number of aryl methyl sites for hydroxylation is 1. The Balaban J connectivity index is 2.00. The van der Waals surface area contributed by atoms with Crippen molar-refractivity contribution < 1.29 is 0 Å². The van der Waals surface area contributed by atoms with Gasteiger partial charge in [-0.2, -0.15) is 0 Å². The molecular formula is C21H23N3O. The lowest BCUT2D eigenvalue weighted by Gasteiger charge is -2.10. The highest BCUT2D eigenvalue weighted by atomic mass is 16.1. The van der Waals surface area contributed by atoms with E-state index in [4.69, 9.17) is 0 Å². The number of nitrogens with one attached hydrogen (secondary N) is 2. The topological polar surface area (TPSA) is 48.1 Å². The largest absolute Gasteiger partial charge is 0.361 e. The molecule has 2 aromatic carbocycles. The highest BCUT2D eigenvalue weighted by molar-refractivity contribution is 5.84. The Kier molecular flexibility index (Phi) is 4.72. The molecule has 0 fully saturated rings. The van der Waals surface area contributed by atoms with Crippen LogP contribution in [0.1, 0.15) is 11.1 Å². The van der Waals surface area contributed by atoms with Gasteiger partial charge in [0.1, 0.15) is 0 Å². The van der Waals surface area contributed by atoms with E-state index < -0.39 is 0 Å². The van der Waals surface area contributed by atoms with E-state index in [0.29, 0.717) is 10.6 Å². The van der Waals surface area contributed by atoms with Gasteiger partial charge in [0, 0.05) is 29.2 Å². The lowest BCUT2D eigenvalue weighted by Crippen LogP contribution is -2.34. The van der Waals surface area contributed by atoms with Crippen LogP contribution in [0.15, 0.2) is 47.3 Å². The van der Waals surface area contributed by atoms with Gasteiger partial charge in [-0.05, 0) is 44.1 Å². The number of benzene rings is 2. The first-order chi connectivity index (χ1) is 11.9. The number of nitrogens with zero attached hydrogens (tertiary/aromatic N) is 1. The van der Waals surface area contributed by atoms with Gasteiger partial charge in [0.05, 0.1) is 5.22 Å². The summed E-state index contributed by atoms with van der Waals surface area (Å²) in [4.78, 5) is 17.3. The van der Waals surface area contributed by atoms with Crippen molar-refractivity contribution in [1.82, 2.24) is 9.88 Å². The van der Waals surface area contributed by atoms with Crippen LogP contribution < -0.4 is 21.4 Å². The third-order valence-electron chi connectivity index (χ3n) is 4.14. The third kappa shape index (κ3) is 3.80. The number of aromatic amines is 1. The second kappa shape index (κ2) is 6.95. The summed E-state index contributed by atoms with van der Waals surface area (Å²) in [6, 6.07) is 14.3. The molecule has 3 rings (SSSR count). The SMILES string of the molecule is C=c1[nH]c(=O)/c(=C\Nc2ccc(CN(C)C)cc2)c2cc(C)ccc12.